The third kappa shape index (κ3) is 6.07. The zero-order valence-electron chi connectivity index (χ0n) is 18.6. The average molecular weight is 444 g/mol. The van der Waals surface area contributed by atoms with Crippen LogP contribution in [0.3, 0.4) is 0 Å². The Morgan fingerprint density at radius 1 is 0.871 bits per heavy atom. The monoisotopic (exact) mass is 443 g/mol. The van der Waals surface area contributed by atoms with Crippen molar-refractivity contribution in [3.05, 3.63) is 54.4 Å². The van der Waals surface area contributed by atoms with Crippen LogP contribution in [0.5, 0.6) is 23.0 Å². The molecule has 0 aliphatic carbocycles. The normalized spacial score (nSPS) is 11.9. The van der Waals surface area contributed by atoms with Crippen LogP contribution < -0.4 is 18.9 Å². The molecule has 31 heavy (non-hydrogen) atoms. The fraction of sp³-hybridized carbons (Fsp3) is 0.391. The molecule has 1 unspecified atom stereocenters. The zero-order chi connectivity index (χ0) is 22.2. The molecule has 0 N–H and O–H groups in total. The molecule has 0 aliphatic heterocycles. The number of hydrogen-bond donors (Lipinski definition) is 0. The molecule has 0 radical (unpaired) electrons. The molecule has 3 rings (SSSR count). The second-order valence-corrected chi connectivity index (χ2v) is 8.18. The molecule has 166 valence electrons. The Morgan fingerprint density at radius 3 is 2.23 bits per heavy atom. The van der Waals surface area contributed by atoms with E-state index in [-0.39, 0.29) is 12.1 Å². The maximum atomic E-state index is 6.10. The summed E-state index contributed by atoms with van der Waals surface area (Å²) in [6.07, 6.45) is -0.257. The van der Waals surface area contributed by atoms with Gasteiger partial charge < -0.3 is 23.5 Å². The summed E-state index contributed by atoms with van der Waals surface area (Å²) in [5, 5.41) is 9.66. The van der Waals surface area contributed by atoms with E-state index in [4.69, 9.17) is 18.9 Å². The van der Waals surface area contributed by atoms with E-state index in [9.17, 15) is 0 Å². The maximum absolute atomic E-state index is 6.10. The lowest BCUT2D eigenvalue weighted by molar-refractivity contribution is 0.206. The van der Waals surface area contributed by atoms with Crippen molar-refractivity contribution in [2.24, 2.45) is 0 Å². The maximum Gasteiger partial charge on any atom is 0.191 e. The molecule has 0 bridgehead atoms. The minimum atomic E-state index is -0.257. The summed E-state index contributed by atoms with van der Waals surface area (Å²) in [7, 11) is 3.29. The van der Waals surface area contributed by atoms with Gasteiger partial charge in [0.1, 0.15) is 23.0 Å². The van der Waals surface area contributed by atoms with Gasteiger partial charge in [-0.3, -0.25) is 0 Å². The highest BCUT2D eigenvalue weighted by Gasteiger charge is 2.21. The van der Waals surface area contributed by atoms with Crippen LogP contribution in [0.4, 0.5) is 0 Å². The van der Waals surface area contributed by atoms with Gasteiger partial charge in [0.05, 0.1) is 20.8 Å². The molecule has 3 aromatic rings. The van der Waals surface area contributed by atoms with Gasteiger partial charge in [0, 0.05) is 17.9 Å². The first-order valence-corrected chi connectivity index (χ1v) is 11.2. The third-order valence-corrected chi connectivity index (χ3v) is 5.47. The van der Waals surface area contributed by atoms with E-state index in [1.807, 2.05) is 55.5 Å². The summed E-state index contributed by atoms with van der Waals surface area (Å²) in [5.41, 5.74) is 0. The van der Waals surface area contributed by atoms with Crippen LogP contribution in [-0.4, -0.2) is 41.3 Å². The predicted octanol–water partition coefficient (Wildman–Crippen LogP) is 5.19. The zero-order valence-corrected chi connectivity index (χ0v) is 19.4. The van der Waals surface area contributed by atoms with Crippen molar-refractivity contribution in [3.63, 3.8) is 0 Å². The predicted molar refractivity (Wildman–Crippen MR) is 122 cm³/mol. The summed E-state index contributed by atoms with van der Waals surface area (Å²) >= 11 is 1.62. The van der Waals surface area contributed by atoms with E-state index in [2.05, 4.69) is 28.6 Å². The van der Waals surface area contributed by atoms with Crippen molar-refractivity contribution < 1.29 is 18.9 Å². The van der Waals surface area contributed by atoms with Gasteiger partial charge in [0.15, 0.2) is 17.1 Å². The molecule has 0 saturated heterocycles. The van der Waals surface area contributed by atoms with E-state index in [0.29, 0.717) is 6.61 Å². The number of aromatic nitrogens is 3. The Hall–Kier alpha value is -2.87. The topological polar surface area (TPSA) is 67.6 Å². The van der Waals surface area contributed by atoms with Crippen LogP contribution in [-0.2, 0) is 0 Å². The molecule has 1 atom stereocenters. The molecule has 0 spiro atoms. The fourth-order valence-corrected chi connectivity index (χ4v) is 3.94. The lowest BCUT2D eigenvalue weighted by atomic mass is 10.3. The lowest BCUT2D eigenvalue weighted by Gasteiger charge is -2.19. The van der Waals surface area contributed by atoms with Crippen LogP contribution in [0.2, 0.25) is 0 Å². The van der Waals surface area contributed by atoms with Crippen LogP contribution >= 0.6 is 11.8 Å². The van der Waals surface area contributed by atoms with Crippen LogP contribution in [0.1, 0.15) is 38.7 Å². The van der Waals surface area contributed by atoms with Gasteiger partial charge in [0.2, 0.25) is 0 Å². The van der Waals surface area contributed by atoms with Crippen molar-refractivity contribution >= 4 is 11.8 Å². The molecule has 2 aromatic carbocycles. The van der Waals surface area contributed by atoms with Crippen molar-refractivity contribution in [3.8, 4) is 23.0 Å². The summed E-state index contributed by atoms with van der Waals surface area (Å²) in [5.74, 6) is 4.64. The molecule has 1 heterocycles. The van der Waals surface area contributed by atoms with E-state index in [1.165, 1.54) is 0 Å². The highest BCUT2D eigenvalue weighted by atomic mass is 32.2. The molecule has 0 saturated carbocycles. The van der Waals surface area contributed by atoms with Crippen molar-refractivity contribution in [1.82, 2.24) is 14.8 Å². The number of hydrogen-bond acceptors (Lipinski definition) is 7. The minimum absolute atomic E-state index is 0.200. The van der Waals surface area contributed by atoms with Gasteiger partial charge in [-0.05, 0) is 57.2 Å². The van der Waals surface area contributed by atoms with Crippen molar-refractivity contribution in [2.45, 2.75) is 38.1 Å². The Labute approximate surface area is 187 Å². The van der Waals surface area contributed by atoms with E-state index < -0.39 is 0 Å². The summed E-state index contributed by atoms with van der Waals surface area (Å²) in [4.78, 5) is 0. The summed E-state index contributed by atoms with van der Waals surface area (Å²) < 4.78 is 24.5. The van der Waals surface area contributed by atoms with Gasteiger partial charge in [-0.1, -0.05) is 17.8 Å². The van der Waals surface area contributed by atoms with E-state index in [1.54, 1.807) is 26.0 Å². The van der Waals surface area contributed by atoms with Crippen molar-refractivity contribution in [2.75, 3.05) is 26.6 Å². The van der Waals surface area contributed by atoms with E-state index >= 15 is 0 Å². The van der Waals surface area contributed by atoms with Crippen LogP contribution in [0, 0.1) is 0 Å². The highest BCUT2D eigenvalue weighted by molar-refractivity contribution is 7.99. The molecule has 1 aromatic heterocycles. The number of thioether (sulfide) groups is 1. The van der Waals surface area contributed by atoms with Crippen LogP contribution in [0.25, 0.3) is 0 Å². The molecule has 7 nitrogen and oxygen atoms in total. The molecular formula is C23H29N3O4S. The lowest BCUT2D eigenvalue weighted by Crippen LogP contribution is -2.14. The second-order valence-electron chi connectivity index (χ2n) is 7.12. The Bertz CT molecular complexity index is 960. The number of benzene rings is 2. The number of nitrogens with zero attached hydrogens (tertiary/aromatic N) is 3. The SMILES string of the molecule is COc1ccc(OCCSc2nnc(C(C)Oc3cccc(OC)c3)n2C(C)C)cc1. The molecule has 0 amide bonds. The van der Waals surface area contributed by atoms with Gasteiger partial charge in [-0.2, -0.15) is 0 Å². The van der Waals surface area contributed by atoms with Gasteiger partial charge >= 0.3 is 0 Å². The first kappa shape index (κ1) is 22.8. The fourth-order valence-electron chi connectivity index (χ4n) is 3.05. The van der Waals surface area contributed by atoms with Gasteiger partial charge in [-0.15, -0.1) is 10.2 Å². The highest BCUT2D eigenvalue weighted by Crippen LogP contribution is 2.29. The standard InChI is InChI=1S/C23H29N3O4S/c1-16(2)26-22(17(3)30-21-8-6-7-20(15-21)28-5)24-25-23(26)31-14-13-29-19-11-9-18(27-4)10-12-19/h6-12,15-17H,13-14H2,1-5H3. The third-order valence-electron chi connectivity index (χ3n) is 4.57. The Balaban J connectivity index is 1.61. The van der Waals surface area contributed by atoms with Crippen LogP contribution in [0.15, 0.2) is 53.7 Å². The molecule has 0 aliphatic rings. The summed E-state index contributed by atoms with van der Waals surface area (Å²) in [6, 6.07) is 15.3. The average Bonchev–Trinajstić information content (AvgIpc) is 3.21. The largest absolute Gasteiger partial charge is 0.497 e. The molecule has 8 heteroatoms. The van der Waals surface area contributed by atoms with E-state index in [0.717, 1.165) is 39.7 Å². The quantitative estimate of drug-likeness (QED) is 0.298. The number of methoxy groups -OCH3 is 2. The smallest absolute Gasteiger partial charge is 0.191 e. The van der Waals surface area contributed by atoms with Gasteiger partial charge in [-0.25, -0.2) is 0 Å². The minimum Gasteiger partial charge on any atom is -0.497 e. The van der Waals surface area contributed by atoms with Gasteiger partial charge in [0.25, 0.3) is 0 Å². The Morgan fingerprint density at radius 2 is 1.55 bits per heavy atom. The second kappa shape index (κ2) is 10.9. The number of rotatable bonds is 11. The first-order valence-electron chi connectivity index (χ1n) is 10.2. The summed E-state index contributed by atoms with van der Waals surface area (Å²) in [6.45, 7) is 6.77. The van der Waals surface area contributed by atoms with Crippen molar-refractivity contribution in [1.29, 1.82) is 0 Å². The number of ether oxygens (including phenoxy) is 4. The first-order chi connectivity index (χ1) is 15.0. The molecule has 0 fully saturated rings. The molecular weight excluding hydrogens is 414 g/mol. The Kier molecular flexibility index (Phi) is 8.06.